The molecule has 1 heterocycles. The summed E-state index contributed by atoms with van der Waals surface area (Å²) < 4.78 is 76.3. The standard InChI is InChI=1S/C22H19F3N2O6S/c1-14(20(28)27-19-7-3-2-6-18(19)22(23,24)25)33-21(29)15-8-10-17(11-9-15)34(30,31)26-13-16-5-4-12-32-16/h2-12,14,26H,13H2,1H3,(H,27,28). The van der Waals surface area contributed by atoms with Crippen LogP contribution in [-0.2, 0) is 32.3 Å². The Morgan fingerprint density at radius 3 is 2.32 bits per heavy atom. The number of carbonyl (C=O) groups excluding carboxylic acids is 2. The quantitative estimate of drug-likeness (QED) is 0.457. The van der Waals surface area contributed by atoms with Crippen LogP contribution in [-0.4, -0.2) is 26.4 Å². The van der Waals surface area contributed by atoms with E-state index in [1.807, 2.05) is 0 Å². The number of anilines is 1. The van der Waals surface area contributed by atoms with Gasteiger partial charge in [0.1, 0.15) is 5.76 Å². The summed E-state index contributed by atoms with van der Waals surface area (Å²) in [6.07, 6.45) is -4.70. The van der Waals surface area contributed by atoms with Crippen LogP contribution in [0.3, 0.4) is 0 Å². The molecule has 2 aromatic carbocycles. The summed E-state index contributed by atoms with van der Waals surface area (Å²) in [5.41, 5.74) is -1.57. The zero-order valence-corrected chi connectivity index (χ0v) is 18.4. The molecule has 12 heteroatoms. The van der Waals surface area contributed by atoms with Gasteiger partial charge in [0.25, 0.3) is 5.91 Å². The highest BCUT2D eigenvalue weighted by Crippen LogP contribution is 2.34. The molecule has 0 bridgehead atoms. The van der Waals surface area contributed by atoms with Crippen LogP contribution in [0.2, 0.25) is 0 Å². The Morgan fingerprint density at radius 2 is 1.71 bits per heavy atom. The van der Waals surface area contributed by atoms with Crippen molar-refractivity contribution in [3.63, 3.8) is 0 Å². The minimum Gasteiger partial charge on any atom is -0.468 e. The average molecular weight is 496 g/mol. The van der Waals surface area contributed by atoms with Gasteiger partial charge in [0, 0.05) is 0 Å². The highest BCUT2D eigenvalue weighted by atomic mass is 32.2. The number of furan rings is 1. The normalized spacial score (nSPS) is 12.7. The summed E-state index contributed by atoms with van der Waals surface area (Å²) in [5, 5.41) is 2.10. The maximum atomic E-state index is 13.1. The fourth-order valence-electron chi connectivity index (χ4n) is 2.79. The van der Waals surface area contributed by atoms with E-state index in [-0.39, 0.29) is 17.0 Å². The number of benzene rings is 2. The maximum Gasteiger partial charge on any atom is 0.418 e. The molecule has 180 valence electrons. The molecule has 1 amide bonds. The Bertz CT molecular complexity index is 1260. The highest BCUT2D eigenvalue weighted by Gasteiger charge is 2.34. The van der Waals surface area contributed by atoms with E-state index in [4.69, 9.17) is 9.15 Å². The minimum atomic E-state index is -4.68. The Labute approximate surface area is 192 Å². The van der Waals surface area contributed by atoms with Crippen LogP contribution in [0.4, 0.5) is 18.9 Å². The van der Waals surface area contributed by atoms with Crippen LogP contribution in [0.15, 0.2) is 76.2 Å². The smallest absolute Gasteiger partial charge is 0.418 e. The van der Waals surface area contributed by atoms with E-state index in [1.54, 1.807) is 12.1 Å². The molecule has 0 aliphatic heterocycles. The van der Waals surface area contributed by atoms with E-state index in [0.717, 1.165) is 12.1 Å². The molecule has 0 saturated heterocycles. The first kappa shape index (κ1) is 25.0. The van der Waals surface area contributed by atoms with E-state index in [0.29, 0.717) is 5.76 Å². The number of halogens is 3. The SMILES string of the molecule is CC(OC(=O)c1ccc(S(=O)(=O)NCc2ccco2)cc1)C(=O)Nc1ccccc1C(F)(F)F. The molecule has 0 spiro atoms. The number of rotatable bonds is 8. The fourth-order valence-corrected chi connectivity index (χ4v) is 3.78. The lowest BCUT2D eigenvalue weighted by Gasteiger charge is -2.17. The Balaban J connectivity index is 1.61. The van der Waals surface area contributed by atoms with Crippen molar-refractivity contribution >= 4 is 27.6 Å². The van der Waals surface area contributed by atoms with Gasteiger partial charge in [-0.05, 0) is 55.5 Å². The van der Waals surface area contributed by atoms with Gasteiger partial charge in [0.15, 0.2) is 6.10 Å². The van der Waals surface area contributed by atoms with Gasteiger partial charge in [-0.25, -0.2) is 17.9 Å². The summed E-state index contributed by atoms with van der Waals surface area (Å²) in [5.74, 6) is -1.51. The number of alkyl halides is 3. The Kier molecular flexibility index (Phi) is 7.42. The van der Waals surface area contributed by atoms with Gasteiger partial charge in [-0.15, -0.1) is 0 Å². The van der Waals surface area contributed by atoms with Crippen LogP contribution < -0.4 is 10.0 Å². The molecular weight excluding hydrogens is 477 g/mol. The zero-order chi connectivity index (χ0) is 24.9. The average Bonchev–Trinajstić information content (AvgIpc) is 3.31. The van der Waals surface area contributed by atoms with E-state index < -0.39 is 45.4 Å². The van der Waals surface area contributed by atoms with Crippen molar-refractivity contribution < 1.29 is 40.3 Å². The number of carbonyl (C=O) groups is 2. The van der Waals surface area contributed by atoms with E-state index in [9.17, 15) is 31.2 Å². The first-order valence-corrected chi connectivity index (χ1v) is 11.3. The van der Waals surface area contributed by atoms with Gasteiger partial charge in [-0.3, -0.25) is 4.79 Å². The summed E-state index contributed by atoms with van der Waals surface area (Å²) in [6.45, 7) is 1.13. The second-order valence-corrected chi connectivity index (χ2v) is 8.78. The summed E-state index contributed by atoms with van der Waals surface area (Å²) in [6, 6.07) is 12.3. The molecule has 1 aromatic heterocycles. The maximum absolute atomic E-state index is 13.1. The second-order valence-electron chi connectivity index (χ2n) is 7.01. The molecule has 0 fully saturated rings. The topological polar surface area (TPSA) is 115 Å². The summed E-state index contributed by atoms with van der Waals surface area (Å²) in [7, 11) is -3.88. The third kappa shape index (κ3) is 6.23. The number of ether oxygens (including phenoxy) is 1. The molecule has 0 radical (unpaired) electrons. The number of sulfonamides is 1. The van der Waals surface area contributed by atoms with Gasteiger partial charge in [-0.1, -0.05) is 12.1 Å². The molecule has 0 aliphatic carbocycles. The van der Waals surface area contributed by atoms with Crippen molar-refractivity contribution in [1.82, 2.24) is 4.72 Å². The molecule has 0 saturated carbocycles. The molecule has 3 aromatic rings. The monoisotopic (exact) mass is 496 g/mol. The van der Waals surface area contributed by atoms with Crippen molar-refractivity contribution in [2.45, 2.75) is 30.6 Å². The van der Waals surface area contributed by atoms with Crippen molar-refractivity contribution in [1.29, 1.82) is 0 Å². The predicted molar refractivity (Wildman–Crippen MR) is 114 cm³/mol. The highest BCUT2D eigenvalue weighted by molar-refractivity contribution is 7.89. The molecule has 0 aliphatic rings. The molecule has 3 rings (SSSR count). The van der Waals surface area contributed by atoms with Crippen molar-refractivity contribution in [3.8, 4) is 0 Å². The van der Waals surface area contributed by atoms with E-state index >= 15 is 0 Å². The van der Waals surface area contributed by atoms with E-state index in [2.05, 4.69) is 10.0 Å². The predicted octanol–water partition coefficient (Wildman–Crippen LogP) is 3.96. The van der Waals surface area contributed by atoms with Crippen molar-refractivity contribution in [2.75, 3.05) is 5.32 Å². The van der Waals surface area contributed by atoms with Crippen LogP contribution in [0.25, 0.3) is 0 Å². The van der Waals surface area contributed by atoms with Gasteiger partial charge >= 0.3 is 12.1 Å². The third-order valence-electron chi connectivity index (χ3n) is 4.56. The number of hydrogen-bond donors (Lipinski definition) is 2. The lowest BCUT2D eigenvalue weighted by Crippen LogP contribution is -2.30. The lowest BCUT2D eigenvalue weighted by molar-refractivity contribution is -0.137. The third-order valence-corrected chi connectivity index (χ3v) is 5.98. The molecule has 8 nitrogen and oxygen atoms in total. The van der Waals surface area contributed by atoms with Crippen molar-refractivity contribution in [2.24, 2.45) is 0 Å². The molecule has 2 N–H and O–H groups in total. The second kappa shape index (κ2) is 10.1. The van der Waals surface area contributed by atoms with Crippen LogP contribution in [0, 0.1) is 0 Å². The van der Waals surface area contributed by atoms with Crippen LogP contribution in [0.1, 0.15) is 28.6 Å². The molecule has 1 unspecified atom stereocenters. The fraction of sp³-hybridized carbons (Fsp3) is 0.182. The Morgan fingerprint density at radius 1 is 1.03 bits per heavy atom. The number of hydrogen-bond acceptors (Lipinski definition) is 6. The summed E-state index contributed by atoms with van der Waals surface area (Å²) >= 11 is 0. The van der Waals surface area contributed by atoms with Crippen LogP contribution in [0.5, 0.6) is 0 Å². The number of para-hydroxylation sites is 1. The molecule has 1 atom stereocenters. The molecular formula is C22H19F3N2O6S. The van der Waals surface area contributed by atoms with Gasteiger partial charge in [0.05, 0.1) is 34.5 Å². The largest absolute Gasteiger partial charge is 0.468 e. The van der Waals surface area contributed by atoms with Gasteiger partial charge in [0.2, 0.25) is 10.0 Å². The number of amides is 1. The van der Waals surface area contributed by atoms with Gasteiger partial charge < -0.3 is 14.5 Å². The Hall–Kier alpha value is -3.64. The lowest BCUT2D eigenvalue weighted by atomic mass is 10.1. The van der Waals surface area contributed by atoms with E-state index in [1.165, 1.54) is 49.6 Å². The first-order chi connectivity index (χ1) is 16.0. The van der Waals surface area contributed by atoms with Gasteiger partial charge in [-0.2, -0.15) is 13.2 Å². The first-order valence-electron chi connectivity index (χ1n) is 9.77. The molecule has 34 heavy (non-hydrogen) atoms. The number of nitrogens with one attached hydrogen (secondary N) is 2. The summed E-state index contributed by atoms with van der Waals surface area (Å²) in [4.78, 5) is 24.5. The van der Waals surface area contributed by atoms with Crippen molar-refractivity contribution in [3.05, 3.63) is 83.8 Å². The number of esters is 1. The minimum absolute atomic E-state index is 0.0553. The van der Waals surface area contributed by atoms with Crippen LogP contribution >= 0.6 is 0 Å². The zero-order valence-electron chi connectivity index (χ0n) is 17.6.